The molecule has 0 unspecified atom stereocenters. The third-order valence-corrected chi connectivity index (χ3v) is 2.85. The van der Waals surface area contributed by atoms with Crippen molar-refractivity contribution in [3.05, 3.63) is 60.6 Å². The topological polar surface area (TPSA) is 17.3 Å². The van der Waals surface area contributed by atoms with E-state index in [2.05, 4.69) is 48.3 Å². The third kappa shape index (κ3) is 1.39. The SMILES string of the molecule is Cc1ccccc1-c1ccn2ccnc2c1. The number of fused-ring (bicyclic) bond motifs is 1. The molecule has 0 saturated heterocycles. The van der Waals surface area contributed by atoms with Crippen LogP contribution in [-0.2, 0) is 0 Å². The molecule has 0 fully saturated rings. The number of imidazole rings is 1. The summed E-state index contributed by atoms with van der Waals surface area (Å²) >= 11 is 0. The van der Waals surface area contributed by atoms with Crippen LogP contribution < -0.4 is 0 Å². The normalized spacial score (nSPS) is 10.8. The molecule has 0 N–H and O–H groups in total. The highest BCUT2D eigenvalue weighted by Crippen LogP contribution is 2.23. The number of benzene rings is 1. The molecule has 0 radical (unpaired) electrons. The second kappa shape index (κ2) is 3.49. The second-order valence-electron chi connectivity index (χ2n) is 3.92. The summed E-state index contributed by atoms with van der Waals surface area (Å²) in [6.07, 6.45) is 5.82. The maximum absolute atomic E-state index is 4.30. The van der Waals surface area contributed by atoms with Crippen molar-refractivity contribution in [1.29, 1.82) is 0 Å². The lowest BCUT2D eigenvalue weighted by Crippen LogP contribution is -1.86. The van der Waals surface area contributed by atoms with Gasteiger partial charge in [0.15, 0.2) is 0 Å². The van der Waals surface area contributed by atoms with Crippen LogP contribution in [0, 0.1) is 6.92 Å². The Balaban J connectivity index is 2.22. The largest absolute Gasteiger partial charge is 0.307 e. The van der Waals surface area contributed by atoms with Crippen molar-refractivity contribution in [3.63, 3.8) is 0 Å². The van der Waals surface area contributed by atoms with Gasteiger partial charge in [-0.15, -0.1) is 0 Å². The highest BCUT2D eigenvalue weighted by atomic mass is 15.0. The highest BCUT2D eigenvalue weighted by molar-refractivity contribution is 5.70. The van der Waals surface area contributed by atoms with Gasteiger partial charge in [-0.3, -0.25) is 0 Å². The van der Waals surface area contributed by atoms with Crippen LogP contribution >= 0.6 is 0 Å². The summed E-state index contributed by atoms with van der Waals surface area (Å²) < 4.78 is 2.02. The quantitative estimate of drug-likeness (QED) is 0.599. The monoisotopic (exact) mass is 208 g/mol. The molecule has 1 aromatic carbocycles. The Morgan fingerprint density at radius 2 is 1.94 bits per heavy atom. The average Bonchev–Trinajstić information content (AvgIpc) is 2.76. The maximum atomic E-state index is 4.30. The molecule has 2 nitrogen and oxygen atoms in total. The van der Waals surface area contributed by atoms with Gasteiger partial charge in [0.1, 0.15) is 5.65 Å². The summed E-state index contributed by atoms with van der Waals surface area (Å²) in [5.74, 6) is 0. The van der Waals surface area contributed by atoms with E-state index in [1.54, 1.807) is 0 Å². The van der Waals surface area contributed by atoms with Crippen molar-refractivity contribution in [2.45, 2.75) is 6.92 Å². The first-order chi connectivity index (χ1) is 7.84. The Kier molecular flexibility index (Phi) is 2.00. The van der Waals surface area contributed by atoms with Crippen LogP contribution in [0.1, 0.15) is 5.56 Å². The average molecular weight is 208 g/mol. The summed E-state index contributed by atoms with van der Waals surface area (Å²) in [5, 5.41) is 0. The van der Waals surface area contributed by atoms with Gasteiger partial charge in [-0.25, -0.2) is 4.98 Å². The fourth-order valence-electron chi connectivity index (χ4n) is 1.97. The lowest BCUT2D eigenvalue weighted by Gasteiger charge is -2.05. The smallest absolute Gasteiger partial charge is 0.137 e. The van der Waals surface area contributed by atoms with Crippen LogP contribution in [0.25, 0.3) is 16.8 Å². The minimum absolute atomic E-state index is 0.987. The van der Waals surface area contributed by atoms with Gasteiger partial charge in [0.25, 0.3) is 0 Å². The van der Waals surface area contributed by atoms with Gasteiger partial charge in [-0.05, 0) is 35.7 Å². The molecule has 0 saturated carbocycles. The number of rotatable bonds is 1. The Hall–Kier alpha value is -2.09. The van der Waals surface area contributed by atoms with E-state index in [1.807, 2.05) is 23.0 Å². The van der Waals surface area contributed by atoms with E-state index in [0.717, 1.165) is 5.65 Å². The second-order valence-corrected chi connectivity index (χ2v) is 3.92. The molecule has 3 rings (SSSR count). The van der Waals surface area contributed by atoms with Crippen molar-refractivity contribution in [1.82, 2.24) is 9.38 Å². The minimum Gasteiger partial charge on any atom is -0.307 e. The minimum atomic E-state index is 0.987. The summed E-state index contributed by atoms with van der Waals surface area (Å²) in [7, 11) is 0. The van der Waals surface area contributed by atoms with Gasteiger partial charge in [-0.2, -0.15) is 0 Å². The fraction of sp³-hybridized carbons (Fsp3) is 0.0714. The third-order valence-electron chi connectivity index (χ3n) is 2.85. The number of aromatic nitrogens is 2. The zero-order valence-electron chi connectivity index (χ0n) is 9.09. The number of hydrogen-bond acceptors (Lipinski definition) is 1. The summed E-state index contributed by atoms with van der Waals surface area (Å²) in [5.41, 5.74) is 4.77. The Morgan fingerprint density at radius 1 is 1.06 bits per heavy atom. The lowest BCUT2D eigenvalue weighted by molar-refractivity contribution is 1.19. The van der Waals surface area contributed by atoms with Crippen LogP contribution in [0.4, 0.5) is 0 Å². The van der Waals surface area contributed by atoms with E-state index in [1.165, 1.54) is 16.7 Å². The maximum Gasteiger partial charge on any atom is 0.137 e. The van der Waals surface area contributed by atoms with Gasteiger partial charge in [-0.1, -0.05) is 24.3 Å². The molecule has 78 valence electrons. The van der Waals surface area contributed by atoms with E-state index in [-0.39, 0.29) is 0 Å². The molecule has 16 heavy (non-hydrogen) atoms. The predicted octanol–water partition coefficient (Wildman–Crippen LogP) is 3.31. The predicted molar refractivity (Wildman–Crippen MR) is 65.4 cm³/mol. The molecule has 2 heteroatoms. The van der Waals surface area contributed by atoms with Crippen LogP contribution in [0.2, 0.25) is 0 Å². The van der Waals surface area contributed by atoms with E-state index in [0.29, 0.717) is 0 Å². The Morgan fingerprint density at radius 3 is 2.81 bits per heavy atom. The number of aryl methyl sites for hydroxylation is 1. The fourth-order valence-corrected chi connectivity index (χ4v) is 1.97. The molecule has 2 aromatic heterocycles. The van der Waals surface area contributed by atoms with E-state index in [9.17, 15) is 0 Å². The molecular formula is C14H12N2. The summed E-state index contributed by atoms with van der Waals surface area (Å²) in [4.78, 5) is 4.30. The molecule has 0 spiro atoms. The first-order valence-corrected chi connectivity index (χ1v) is 5.33. The summed E-state index contributed by atoms with van der Waals surface area (Å²) in [6.45, 7) is 2.13. The van der Waals surface area contributed by atoms with Crippen molar-refractivity contribution < 1.29 is 0 Å². The van der Waals surface area contributed by atoms with Gasteiger partial charge in [0.2, 0.25) is 0 Å². The van der Waals surface area contributed by atoms with Crippen LogP contribution in [-0.4, -0.2) is 9.38 Å². The van der Waals surface area contributed by atoms with Crippen molar-refractivity contribution in [2.24, 2.45) is 0 Å². The first-order valence-electron chi connectivity index (χ1n) is 5.33. The number of hydrogen-bond donors (Lipinski definition) is 0. The van der Waals surface area contributed by atoms with Crippen molar-refractivity contribution in [2.75, 3.05) is 0 Å². The first kappa shape index (κ1) is 9.16. The molecule has 0 amide bonds. The van der Waals surface area contributed by atoms with Crippen LogP contribution in [0.3, 0.4) is 0 Å². The highest BCUT2D eigenvalue weighted by Gasteiger charge is 2.02. The zero-order chi connectivity index (χ0) is 11.0. The van der Waals surface area contributed by atoms with Crippen LogP contribution in [0.5, 0.6) is 0 Å². The van der Waals surface area contributed by atoms with Gasteiger partial charge in [0, 0.05) is 18.6 Å². The Labute approximate surface area is 94.2 Å². The van der Waals surface area contributed by atoms with E-state index >= 15 is 0 Å². The standard InChI is InChI=1S/C14H12N2/c1-11-4-2-3-5-13(11)12-6-8-16-9-7-15-14(16)10-12/h2-10H,1H3. The summed E-state index contributed by atoms with van der Waals surface area (Å²) in [6, 6.07) is 12.6. The molecule has 0 aliphatic heterocycles. The molecule has 2 heterocycles. The van der Waals surface area contributed by atoms with Gasteiger partial charge >= 0.3 is 0 Å². The number of nitrogens with zero attached hydrogens (tertiary/aromatic N) is 2. The zero-order valence-corrected chi connectivity index (χ0v) is 9.09. The Bertz CT molecular complexity index is 638. The van der Waals surface area contributed by atoms with E-state index < -0.39 is 0 Å². The molecular weight excluding hydrogens is 196 g/mol. The van der Waals surface area contributed by atoms with E-state index in [4.69, 9.17) is 0 Å². The van der Waals surface area contributed by atoms with Crippen molar-refractivity contribution in [3.8, 4) is 11.1 Å². The number of pyridine rings is 1. The molecule has 0 atom stereocenters. The van der Waals surface area contributed by atoms with Gasteiger partial charge in [0.05, 0.1) is 0 Å². The molecule has 3 aromatic rings. The van der Waals surface area contributed by atoms with Gasteiger partial charge < -0.3 is 4.40 Å². The molecule has 0 bridgehead atoms. The molecule has 0 aliphatic carbocycles. The van der Waals surface area contributed by atoms with Crippen LogP contribution in [0.15, 0.2) is 55.0 Å². The molecule has 0 aliphatic rings. The lowest BCUT2D eigenvalue weighted by atomic mass is 10.0. The van der Waals surface area contributed by atoms with Crippen molar-refractivity contribution >= 4 is 5.65 Å².